The summed E-state index contributed by atoms with van der Waals surface area (Å²) in [6.07, 6.45) is -0.165. The minimum Gasteiger partial charge on any atom is -0.497 e. The van der Waals surface area contributed by atoms with Gasteiger partial charge in [-0.25, -0.2) is 0 Å². The molecule has 2 aliphatic rings. The Morgan fingerprint density at radius 3 is 2.70 bits per heavy atom. The number of ether oxygens (including phenoxy) is 3. The zero-order chi connectivity index (χ0) is 21.1. The average Bonchev–Trinajstić information content (AvgIpc) is 3.22. The number of methoxy groups -OCH3 is 1. The van der Waals surface area contributed by atoms with Crippen LogP contribution in [-0.2, 0) is 9.59 Å². The number of benzene rings is 2. The molecule has 156 valence electrons. The highest BCUT2D eigenvalue weighted by molar-refractivity contribution is 6.01. The van der Waals surface area contributed by atoms with Crippen molar-refractivity contribution in [2.24, 2.45) is 0 Å². The van der Waals surface area contributed by atoms with Gasteiger partial charge in [0.05, 0.1) is 13.5 Å². The standard InChI is InChI=1S/C21H21N3O6/c1-28-15-5-2-13(3-6-15)21(27)24-9-8-22-20(26)16(24)11-19(25)23-14-4-7-17-18(10-14)30-12-29-17/h2-7,10,16H,8-9,11-12H2,1H3,(H,22,26)(H,23,25)/t16-/m0/s1. The third kappa shape index (κ3) is 4.00. The lowest BCUT2D eigenvalue weighted by molar-refractivity contribution is -0.131. The Morgan fingerprint density at radius 1 is 1.17 bits per heavy atom. The lowest BCUT2D eigenvalue weighted by atomic mass is 10.1. The van der Waals surface area contributed by atoms with E-state index >= 15 is 0 Å². The largest absolute Gasteiger partial charge is 0.497 e. The Bertz CT molecular complexity index is 975. The zero-order valence-electron chi connectivity index (χ0n) is 16.3. The van der Waals surface area contributed by atoms with Crippen molar-refractivity contribution in [2.45, 2.75) is 12.5 Å². The van der Waals surface area contributed by atoms with Crippen molar-refractivity contribution in [1.29, 1.82) is 0 Å². The van der Waals surface area contributed by atoms with Crippen LogP contribution in [0.2, 0.25) is 0 Å². The van der Waals surface area contributed by atoms with Crippen LogP contribution in [-0.4, -0.2) is 55.7 Å². The van der Waals surface area contributed by atoms with Crippen LogP contribution in [0.1, 0.15) is 16.8 Å². The molecule has 1 saturated heterocycles. The van der Waals surface area contributed by atoms with E-state index in [9.17, 15) is 14.4 Å². The molecule has 1 fully saturated rings. The molecule has 2 aliphatic heterocycles. The molecule has 4 rings (SSSR count). The fourth-order valence-corrected chi connectivity index (χ4v) is 3.42. The Kier molecular flexibility index (Phi) is 5.42. The van der Waals surface area contributed by atoms with Gasteiger partial charge in [0.25, 0.3) is 5.91 Å². The minimum atomic E-state index is -0.901. The van der Waals surface area contributed by atoms with Crippen LogP contribution in [0, 0.1) is 0 Å². The third-order valence-electron chi connectivity index (χ3n) is 4.96. The number of amides is 3. The van der Waals surface area contributed by atoms with Gasteiger partial charge in [-0.1, -0.05) is 0 Å². The summed E-state index contributed by atoms with van der Waals surface area (Å²) in [5.74, 6) is 0.721. The summed E-state index contributed by atoms with van der Waals surface area (Å²) >= 11 is 0. The number of nitrogens with one attached hydrogen (secondary N) is 2. The summed E-state index contributed by atoms with van der Waals surface area (Å²) in [5, 5.41) is 5.47. The van der Waals surface area contributed by atoms with E-state index in [1.165, 1.54) is 4.90 Å². The predicted molar refractivity (Wildman–Crippen MR) is 107 cm³/mol. The molecule has 3 amide bonds. The van der Waals surface area contributed by atoms with Crippen LogP contribution in [0.5, 0.6) is 17.2 Å². The topological polar surface area (TPSA) is 106 Å². The predicted octanol–water partition coefficient (Wildman–Crippen LogP) is 1.39. The lowest BCUT2D eigenvalue weighted by Crippen LogP contribution is -2.58. The highest BCUT2D eigenvalue weighted by atomic mass is 16.7. The molecule has 0 aromatic heterocycles. The average molecular weight is 411 g/mol. The number of piperazine rings is 1. The molecule has 1 atom stereocenters. The summed E-state index contributed by atoms with van der Waals surface area (Å²) in [4.78, 5) is 39.4. The number of hydrogen-bond donors (Lipinski definition) is 2. The fourth-order valence-electron chi connectivity index (χ4n) is 3.42. The highest BCUT2D eigenvalue weighted by Crippen LogP contribution is 2.34. The molecule has 0 saturated carbocycles. The monoisotopic (exact) mass is 411 g/mol. The molecule has 2 N–H and O–H groups in total. The van der Waals surface area contributed by atoms with E-state index < -0.39 is 6.04 Å². The van der Waals surface area contributed by atoms with E-state index in [4.69, 9.17) is 14.2 Å². The van der Waals surface area contributed by atoms with Crippen molar-refractivity contribution in [1.82, 2.24) is 10.2 Å². The Labute approximate surface area is 172 Å². The van der Waals surface area contributed by atoms with Crippen molar-refractivity contribution in [3.05, 3.63) is 48.0 Å². The van der Waals surface area contributed by atoms with Crippen molar-refractivity contribution in [3.8, 4) is 17.2 Å². The minimum absolute atomic E-state index is 0.136. The third-order valence-corrected chi connectivity index (χ3v) is 4.96. The SMILES string of the molecule is COc1ccc(C(=O)N2CCNC(=O)[C@@H]2CC(=O)Nc2ccc3c(c2)OCO3)cc1. The van der Waals surface area contributed by atoms with Crippen LogP contribution in [0.3, 0.4) is 0 Å². The highest BCUT2D eigenvalue weighted by Gasteiger charge is 2.35. The Morgan fingerprint density at radius 2 is 1.93 bits per heavy atom. The first kappa shape index (κ1) is 19.6. The van der Waals surface area contributed by atoms with Crippen molar-refractivity contribution < 1.29 is 28.6 Å². The second-order valence-electron chi connectivity index (χ2n) is 6.85. The molecule has 0 bridgehead atoms. The first-order chi connectivity index (χ1) is 14.5. The van der Waals surface area contributed by atoms with Gasteiger partial charge >= 0.3 is 0 Å². The fraction of sp³-hybridized carbons (Fsp3) is 0.286. The maximum absolute atomic E-state index is 13.0. The number of anilines is 1. The van der Waals surface area contributed by atoms with Gasteiger partial charge in [0.15, 0.2) is 11.5 Å². The summed E-state index contributed by atoms with van der Waals surface area (Å²) < 4.78 is 15.7. The molecule has 2 aromatic rings. The van der Waals surface area contributed by atoms with Crippen molar-refractivity contribution >= 4 is 23.4 Å². The van der Waals surface area contributed by atoms with E-state index in [-0.39, 0.29) is 30.9 Å². The van der Waals surface area contributed by atoms with Crippen LogP contribution in [0.25, 0.3) is 0 Å². The number of carbonyl (C=O) groups is 3. The van der Waals surface area contributed by atoms with Gasteiger partial charge in [0.2, 0.25) is 18.6 Å². The maximum atomic E-state index is 13.0. The Balaban J connectivity index is 1.46. The first-order valence-electron chi connectivity index (χ1n) is 9.47. The Hall–Kier alpha value is -3.75. The summed E-state index contributed by atoms with van der Waals surface area (Å²) in [5.41, 5.74) is 0.945. The molecule has 30 heavy (non-hydrogen) atoms. The van der Waals surface area contributed by atoms with Gasteiger partial charge in [-0.05, 0) is 36.4 Å². The van der Waals surface area contributed by atoms with Crippen LogP contribution >= 0.6 is 0 Å². The van der Waals surface area contributed by atoms with E-state index in [1.54, 1.807) is 49.6 Å². The first-order valence-corrected chi connectivity index (χ1v) is 9.47. The smallest absolute Gasteiger partial charge is 0.254 e. The second kappa shape index (κ2) is 8.32. The van der Waals surface area contributed by atoms with Crippen LogP contribution < -0.4 is 24.8 Å². The van der Waals surface area contributed by atoms with Gasteiger partial charge in [-0.2, -0.15) is 0 Å². The normalized spacial score (nSPS) is 17.3. The van der Waals surface area contributed by atoms with Gasteiger partial charge in [0, 0.05) is 30.4 Å². The molecule has 2 aromatic carbocycles. The van der Waals surface area contributed by atoms with Crippen molar-refractivity contribution in [2.75, 3.05) is 32.3 Å². The van der Waals surface area contributed by atoms with Crippen molar-refractivity contribution in [3.63, 3.8) is 0 Å². The molecule has 2 heterocycles. The molecular weight excluding hydrogens is 390 g/mol. The van der Waals surface area contributed by atoms with Gasteiger partial charge < -0.3 is 29.7 Å². The van der Waals surface area contributed by atoms with Gasteiger partial charge in [-0.3, -0.25) is 14.4 Å². The number of nitrogens with zero attached hydrogens (tertiary/aromatic N) is 1. The zero-order valence-corrected chi connectivity index (χ0v) is 16.3. The van der Waals surface area contributed by atoms with Gasteiger partial charge in [0.1, 0.15) is 11.8 Å². The molecule has 0 aliphatic carbocycles. The quantitative estimate of drug-likeness (QED) is 0.770. The number of hydrogen-bond acceptors (Lipinski definition) is 6. The number of carbonyl (C=O) groups excluding carboxylic acids is 3. The van der Waals surface area contributed by atoms with Crippen LogP contribution in [0.4, 0.5) is 5.69 Å². The molecular formula is C21H21N3O6. The van der Waals surface area contributed by atoms with Gasteiger partial charge in [-0.15, -0.1) is 0 Å². The van der Waals surface area contributed by atoms with E-state index in [0.717, 1.165) is 0 Å². The summed E-state index contributed by atoms with van der Waals surface area (Å²) in [6, 6.07) is 10.8. The lowest BCUT2D eigenvalue weighted by Gasteiger charge is -2.34. The second-order valence-corrected chi connectivity index (χ2v) is 6.85. The maximum Gasteiger partial charge on any atom is 0.254 e. The summed E-state index contributed by atoms with van der Waals surface area (Å²) in [7, 11) is 1.54. The number of fused-ring (bicyclic) bond motifs is 1. The molecule has 0 spiro atoms. The van der Waals surface area contributed by atoms with Crippen LogP contribution in [0.15, 0.2) is 42.5 Å². The molecule has 9 heteroatoms. The number of rotatable bonds is 5. The molecule has 9 nitrogen and oxygen atoms in total. The summed E-state index contributed by atoms with van der Waals surface area (Å²) in [6.45, 7) is 0.789. The molecule has 0 unspecified atom stereocenters. The van der Waals surface area contributed by atoms with E-state index in [1.807, 2.05) is 0 Å². The van der Waals surface area contributed by atoms with E-state index in [2.05, 4.69) is 10.6 Å². The molecule has 0 radical (unpaired) electrons. The van der Waals surface area contributed by atoms with E-state index in [0.29, 0.717) is 41.6 Å².